The molecule has 0 aliphatic carbocycles. The average molecular weight is 477 g/mol. The van der Waals surface area contributed by atoms with E-state index in [0.717, 1.165) is 32.6 Å². The summed E-state index contributed by atoms with van der Waals surface area (Å²) in [6.45, 7) is 3.79. The third-order valence-corrected chi connectivity index (χ3v) is 6.18. The second kappa shape index (κ2) is 8.27. The van der Waals surface area contributed by atoms with Crippen LogP contribution in [0.2, 0.25) is 10.0 Å². The van der Waals surface area contributed by atoms with E-state index in [2.05, 4.69) is 25.9 Å². The monoisotopic (exact) mass is 476 g/mol. The van der Waals surface area contributed by atoms with E-state index in [4.69, 9.17) is 35.4 Å². The van der Waals surface area contributed by atoms with Crippen molar-refractivity contribution in [2.45, 2.75) is 13.8 Å². The molecule has 2 N–H and O–H groups in total. The van der Waals surface area contributed by atoms with Gasteiger partial charge in [-0.2, -0.15) is 9.61 Å². The second-order valence-corrected chi connectivity index (χ2v) is 8.59. The number of carbonyl (C=O) groups excluding carboxylic acids is 1. The van der Waals surface area contributed by atoms with E-state index in [0.29, 0.717) is 15.6 Å². The smallest absolute Gasteiger partial charge is 0.257 e. The number of rotatable bonds is 3. The molecule has 0 fully saturated rings. The number of hydrogen-bond donors (Lipinski definition) is 2. The maximum atomic E-state index is 12.4. The highest BCUT2D eigenvalue weighted by atomic mass is 35.5. The molecule has 11 heteroatoms. The maximum Gasteiger partial charge on any atom is 0.257 e. The van der Waals surface area contributed by atoms with Crippen LogP contribution in [0.15, 0.2) is 36.4 Å². The molecular weight excluding hydrogens is 463 g/mol. The molecule has 0 aliphatic rings. The van der Waals surface area contributed by atoms with E-state index < -0.39 is 0 Å². The van der Waals surface area contributed by atoms with Crippen LogP contribution < -0.4 is 10.6 Å². The van der Waals surface area contributed by atoms with Crippen LogP contribution in [0.5, 0.6) is 0 Å². The largest absolute Gasteiger partial charge is 0.332 e. The van der Waals surface area contributed by atoms with Gasteiger partial charge in [-0.25, -0.2) is 0 Å². The quantitative estimate of drug-likeness (QED) is 0.409. The number of halogens is 2. The van der Waals surface area contributed by atoms with Crippen molar-refractivity contribution in [1.82, 2.24) is 25.1 Å². The minimum atomic E-state index is -0.385. The van der Waals surface area contributed by atoms with Gasteiger partial charge in [-0.15, -0.1) is 10.2 Å². The van der Waals surface area contributed by atoms with Crippen molar-refractivity contribution in [1.29, 1.82) is 0 Å². The van der Waals surface area contributed by atoms with Crippen LogP contribution in [0.1, 0.15) is 21.7 Å². The van der Waals surface area contributed by atoms with Crippen LogP contribution in [0.3, 0.4) is 0 Å². The molecule has 0 bridgehead atoms. The molecule has 2 aromatic heterocycles. The number of anilines is 1. The zero-order valence-electron chi connectivity index (χ0n) is 15.7. The molecule has 30 heavy (non-hydrogen) atoms. The SMILES string of the molecule is Cc1ccc(-c2nn3c(C)nnc3s2)cc1NC(=S)NC(=O)c1ccc(Cl)c(Cl)c1. The average Bonchev–Trinajstić information content (AvgIpc) is 3.28. The summed E-state index contributed by atoms with van der Waals surface area (Å²) in [6.07, 6.45) is 0. The number of nitrogens with zero attached hydrogens (tertiary/aromatic N) is 4. The van der Waals surface area contributed by atoms with Crippen molar-refractivity contribution in [3.8, 4) is 10.6 Å². The lowest BCUT2D eigenvalue weighted by atomic mass is 10.1. The number of aromatic nitrogens is 4. The fourth-order valence-corrected chi connectivity index (χ4v) is 4.07. The fourth-order valence-electron chi connectivity index (χ4n) is 2.69. The Hall–Kier alpha value is -2.59. The standard InChI is InChI=1S/C19H14Cl2N6OS2/c1-9-3-4-12(17-26-27-10(2)24-25-19(27)30-17)8-15(9)22-18(29)23-16(28)11-5-6-13(20)14(21)7-11/h3-8H,1-2H3,(H2,22,23,28,29). The van der Waals surface area contributed by atoms with Crippen molar-refractivity contribution in [2.75, 3.05) is 5.32 Å². The zero-order valence-corrected chi connectivity index (χ0v) is 18.9. The molecule has 2 heterocycles. The van der Waals surface area contributed by atoms with Crippen molar-refractivity contribution < 1.29 is 4.79 Å². The van der Waals surface area contributed by atoms with Crippen LogP contribution in [-0.4, -0.2) is 30.8 Å². The lowest BCUT2D eigenvalue weighted by molar-refractivity contribution is 0.0977. The lowest BCUT2D eigenvalue weighted by Crippen LogP contribution is -2.34. The summed E-state index contributed by atoms with van der Waals surface area (Å²) >= 11 is 18.6. The van der Waals surface area contributed by atoms with Crippen LogP contribution in [0.25, 0.3) is 15.5 Å². The number of thiocarbonyl (C=S) groups is 1. The predicted octanol–water partition coefficient (Wildman–Crippen LogP) is 4.90. The van der Waals surface area contributed by atoms with Gasteiger partial charge in [0.1, 0.15) is 5.01 Å². The number of carbonyl (C=O) groups is 1. The molecule has 0 aliphatic heterocycles. The van der Waals surface area contributed by atoms with Crippen LogP contribution in [0, 0.1) is 13.8 Å². The molecule has 1 amide bonds. The summed E-state index contributed by atoms with van der Waals surface area (Å²) in [7, 11) is 0. The predicted molar refractivity (Wildman–Crippen MR) is 124 cm³/mol. The molecule has 0 radical (unpaired) electrons. The fraction of sp³-hybridized carbons (Fsp3) is 0.105. The third kappa shape index (κ3) is 4.15. The molecule has 0 spiro atoms. The molecular formula is C19H14Cl2N6OS2. The Morgan fingerprint density at radius 2 is 1.90 bits per heavy atom. The van der Waals surface area contributed by atoms with Crippen molar-refractivity contribution in [2.24, 2.45) is 0 Å². The topological polar surface area (TPSA) is 84.2 Å². The number of aryl methyl sites for hydroxylation is 2. The van der Waals surface area contributed by atoms with E-state index in [1.807, 2.05) is 32.0 Å². The summed E-state index contributed by atoms with van der Waals surface area (Å²) in [5.41, 5.74) is 2.98. The number of amides is 1. The van der Waals surface area contributed by atoms with Gasteiger partial charge in [-0.3, -0.25) is 10.1 Å². The Morgan fingerprint density at radius 3 is 2.63 bits per heavy atom. The summed E-state index contributed by atoms with van der Waals surface area (Å²) in [4.78, 5) is 13.1. The highest BCUT2D eigenvalue weighted by Crippen LogP contribution is 2.29. The molecule has 4 aromatic rings. The zero-order chi connectivity index (χ0) is 21.4. The van der Waals surface area contributed by atoms with E-state index in [1.54, 1.807) is 16.6 Å². The van der Waals surface area contributed by atoms with Gasteiger partial charge in [0, 0.05) is 16.8 Å². The van der Waals surface area contributed by atoms with E-state index in [-0.39, 0.29) is 11.0 Å². The number of fused-ring (bicyclic) bond motifs is 1. The van der Waals surface area contributed by atoms with Gasteiger partial charge in [0.2, 0.25) is 4.96 Å². The molecule has 0 unspecified atom stereocenters. The van der Waals surface area contributed by atoms with Gasteiger partial charge in [-0.05, 0) is 55.9 Å². The molecule has 0 saturated carbocycles. The van der Waals surface area contributed by atoms with Gasteiger partial charge in [0.25, 0.3) is 5.91 Å². The van der Waals surface area contributed by atoms with Crippen LogP contribution in [-0.2, 0) is 0 Å². The molecule has 7 nitrogen and oxygen atoms in total. The molecule has 2 aromatic carbocycles. The Balaban J connectivity index is 1.52. The summed E-state index contributed by atoms with van der Waals surface area (Å²) in [5.74, 6) is 0.341. The van der Waals surface area contributed by atoms with Crippen molar-refractivity contribution in [3.63, 3.8) is 0 Å². The van der Waals surface area contributed by atoms with Gasteiger partial charge in [0.15, 0.2) is 10.9 Å². The summed E-state index contributed by atoms with van der Waals surface area (Å²) < 4.78 is 1.70. The highest BCUT2D eigenvalue weighted by molar-refractivity contribution is 7.80. The first kappa shape index (κ1) is 20.7. The molecule has 152 valence electrons. The van der Waals surface area contributed by atoms with E-state index in [1.165, 1.54) is 17.4 Å². The van der Waals surface area contributed by atoms with E-state index in [9.17, 15) is 4.79 Å². The molecule has 4 rings (SSSR count). The Morgan fingerprint density at radius 1 is 1.10 bits per heavy atom. The highest BCUT2D eigenvalue weighted by Gasteiger charge is 2.14. The van der Waals surface area contributed by atoms with Gasteiger partial charge >= 0.3 is 0 Å². The Bertz CT molecular complexity index is 1300. The number of benzene rings is 2. The van der Waals surface area contributed by atoms with Gasteiger partial charge in [0.05, 0.1) is 10.0 Å². The van der Waals surface area contributed by atoms with Crippen LogP contribution >= 0.6 is 46.8 Å². The number of nitrogens with one attached hydrogen (secondary N) is 2. The second-order valence-electron chi connectivity index (χ2n) is 6.42. The lowest BCUT2D eigenvalue weighted by Gasteiger charge is -2.13. The maximum absolute atomic E-state index is 12.4. The van der Waals surface area contributed by atoms with Crippen LogP contribution in [0.4, 0.5) is 5.69 Å². The van der Waals surface area contributed by atoms with Crippen molar-refractivity contribution in [3.05, 3.63) is 63.4 Å². The first-order valence-corrected chi connectivity index (χ1v) is 10.7. The van der Waals surface area contributed by atoms with Crippen molar-refractivity contribution >= 4 is 68.4 Å². The Labute approximate surface area is 191 Å². The minimum Gasteiger partial charge on any atom is -0.332 e. The van der Waals surface area contributed by atoms with Gasteiger partial charge < -0.3 is 5.32 Å². The van der Waals surface area contributed by atoms with E-state index >= 15 is 0 Å². The summed E-state index contributed by atoms with van der Waals surface area (Å²) in [5, 5.41) is 20.0. The normalized spacial score (nSPS) is 10.9. The van der Waals surface area contributed by atoms with Gasteiger partial charge in [-0.1, -0.05) is 46.7 Å². The Kier molecular flexibility index (Phi) is 5.70. The third-order valence-electron chi connectivity index (χ3n) is 4.29. The molecule has 0 atom stereocenters. The first-order chi connectivity index (χ1) is 14.3. The summed E-state index contributed by atoms with van der Waals surface area (Å²) in [6, 6.07) is 10.5. The minimum absolute atomic E-state index is 0.167. The molecule has 0 saturated heterocycles. The first-order valence-electron chi connectivity index (χ1n) is 8.69. The number of hydrogen-bond acceptors (Lipinski definition) is 6.